The Kier molecular flexibility index (Phi) is 3.78. The van der Waals surface area contributed by atoms with Crippen molar-refractivity contribution in [2.24, 2.45) is 0 Å². The molecule has 0 radical (unpaired) electrons. The van der Waals surface area contributed by atoms with E-state index in [1.807, 2.05) is 10.7 Å². The summed E-state index contributed by atoms with van der Waals surface area (Å²) in [5.41, 5.74) is 0. The van der Waals surface area contributed by atoms with Crippen molar-refractivity contribution in [1.82, 2.24) is 19.1 Å². The van der Waals surface area contributed by atoms with E-state index in [0.717, 1.165) is 25.7 Å². The van der Waals surface area contributed by atoms with Crippen molar-refractivity contribution in [1.29, 1.82) is 0 Å². The van der Waals surface area contributed by atoms with Gasteiger partial charge >= 0.3 is 0 Å². The summed E-state index contributed by atoms with van der Waals surface area (Å²) in [6.45, 7) is 0. The average molecular weight is 397 g/mol. The SMILES string of the molecule is O=S(=O)(c1ccccc1Br)N1C2CCC1CC(n1cncn1)C2. The topological polar surface area (TPSA) is 68.1 Å². The Morgan fingerprint density at radius 2 is 1.78 bits per heavy atom. The lowest BCUT2D eigenvalue weighted by atomic mass is 10.0. The van der Waals surface area contributed by atoms with E-state index in [1.54, 1.807) is 28.8 Å². The fraction of sp³-hybridized carbons (Fsp3) is 0.467. The Labute approximate surface area is 143 Å². The lowest BCUT2D eigenvalue weighted by Gasteiger charge is -2.37. The molecule has 4 rings (SSSR count). The molecule has 1 aromatic heterocycles. The molecule has 2 saturated heterocycles. The zero-order valence-electron chi connectivity index (χ0n) is 12.4. The van der Waals surface area contributed by atoms with Crippen LogP contribution in [0.2, 0.25) is 0 Å². The van der Waals surface area contributed by atoms with E-state index in [2.05, 4.69) is 26.0 Å². The lowest BCUT2D eigenvalue weighted by Crippen LogP contribution is -2.46. The second kappa shape index (κ2) is 5.68. The highest BCUT2D eigenvalue weighted by atomic mass is 79.9. The first kappa shape index (κ1) is 15.3. The molecule has 2 aliphatic heterocycles. The third-order valence-electron chi connectivity index (χ3n) is 4.84. The van der Waals surface area contributed by atoms with Gasteiger partial charge in [-0.05, 0) is 53.7 Å². The molecule has 2 atom stereocenters. The lowest BCUT2D eigenvalue weighted by molar-refractivity contribution is 0.184. The Hall–Kier alpha value is -1.25. The smallest absolute Gasteiger partial charge is 0.244 e. The Bertz CT molecular complexity index is 795. The van der Waals surface area contributed by atoms with Crippen molar-refractivity contribution in [3.05, 3.63) is 41.4 Å². The van der Waals surface area contributed by atoms with Gasteiger partial charge in [0.2, 0.25) is 10.0 Å². The first-order valence-electron chi connectivity index (χ1n) is 7.69. The molecule has 2 aliphatic rings. The summed E-state index contributed by atoms with van der Waals surface area (Å²) >= 11 is 3.37. The molecule has 0 amide bonds. The van der Waals surface area contributed by atoms with Crippen LogP contribution in [0.15, 0.2) is 46.3 Å². The van der Waals surface area contributed by atoms with Crippen LogP contribution in [0.25, 0.3) is 0 Å². The molecule has 122 valence electrons. The van der Waals surface area contributed by atoms with E-state index in [4.69, 9.17) is 0 Å². The summed E-state index contributed by atoms with van der Waals surface area (Å²) in [4.78, 5) is 4.37. The van der Waals surface area contributed by atoms with Crippen LogP contribution in [0.1, 0.15) is 31.7 Å². The molecule has 2 unspecified atom stereocenters. The molecular formula is C15H17BrN4O2S. The third-order valence-corrected chi connectivity index (χ3v) is 7.86. The number of nitrogens with zero attached hydrogens (tertiary/aromatic N) is 4. The summed E-state index contributed by atoms with van der Waals surface area (Å²) in [6.07, 6.45) is 6.68. The van der Waals surface area contributed by atoms with Gasteiger partial charge in [0.1, 0.15) is 12.7 Å². The number of piperidine rings is 1. The molecule has 0 spiro atoms. The minimum Gasteiger partial charge on any atom is -0.250 e. The van der Waals surface area contributed by atoms with Crippen LogP contribution in [0.5, 0.6) is 0 Å². The molecule has 0 N–H and O–H groups in total. The van der Waals surface area contributed by atoms with Crippen molar-refractivity contribution in [2.45, 2.75) is 48.7 Å². The van der Waals surface area contributed by atoms with Crippen molar-refractivity contribution in [3.63, 3.8) is 0 Å². The van der Waals surface area contributed by atoms with Gasteiger partial charge in [-0.2, -0.15) is 9.40 Å². The van der Waals surface area contributed by atoms with Crippen molar-refractivity contribution in [3.8, 4) is 0 Å². The van der Waals surface area contributed by atoms with E-state index in [0.29, 0.717) is 9.37 Å². The molecule has 8 heteroatoms. The van der Waals surface area contributed by atoms with Gasteiger partial charge < -0.3 is 0 Å². The van der Waals surface area contributed by atoms with E-state index in [9.17, 15) is 8.42 Å². The van der Waals surface area contributed by atoms with Crippen LogP contribution in [-0.4, -0.2) is 39.6 Å². The Balaban J connectivity index is 1.66. The number of halogens is 1. The molecule has 1 aromatic carbocycles. The molecule has 23 heavy (non-hydrogen) atoms. The second-order valence-electron chi connectivity index (χ2n) is 6.15. The fourth-order valence-electron chi connectivity index (χ4n) is 3.89. The zero-order valence-corrected chi connectivity index (χ0v) is 14.8. The predicted octanol–water partition coefficient (Wildman–Crippen LogP) is 2.60. The maximum absolute atomic E-state index is 13.1. The van der Waals surface area contributed by atoms with Crippen molar-refractivity contribution >= 4 is 26.0 Å². The van der Waals surface area contributed by atoms with Gasteiger partial charge in [-0.15, -0.1) is 0 Å². The minimum atomic E-state index is -3.48. The van der Waals surface area contributed by atoms with Gasteiger partial charge in [0.25, 0.3) is 0 Å². The quantitative estimate of drug-likeness (QED) is 0.799. The molecule has 3 heterocycles. The average Bonchev–Trinajstić information content (AvgIpc) is 3.15. The van der Waals surface area contributed by atoms with E-state index in [-0.39, 0.29) is 18.1 Å². The van der Waals surface area contributed by atoms with Crippen molar-refractivity contribution in [2.75, 3.05) is 0 Å². The van der Waals surface area contributed by atoms with Gasteiger partial charge in [0.15, 0.2) is 0 Å². The summed E-state index contributed by atoms with van der Waals surface area (Å²) in [5, 5.41) is 4.23. The Morgan fingerprint density at radius 3 is 2.39 bits per heavy atom. The van der Waals surface area contributed by atoms with Crippen LogP contribution in [0, 0.1) is 0 Å². The highest BCUT2D eigenvalue weighted by Crippen LogP contribution is 2.44. The minimum absolute atomic E-state index is 0.0417. The van der Waals surface area contributed by atoms with Gasteiger partial charge in [0.05, 0.1) is 10.9 Å². The highest BCUT2D eigenvalue weighted by molar-refractivity contribution is 9.10. The number of fused-ring (bicyclic) bond motifs is 2. The number of benzene rings is 1. The fourth-order valence-corrected chi connectivity index (χ4v) is 6.75. The van der Waals surface area contributed by atoms with Gasteiger partial charge in [-0.3, -0.25) is 0 Å². The largest absolute Gasteiger partial charge is 0.250 e. The summed E-state index contributed by atoms with van der Waals surface area (Å²) in [5.74, 6) is 0. The van der Waals surface area contributed by atoms with Crippen LogP contribution in [0.3, 0.4) is 0 Å². The zero-order chi connectivity index (χ0) is 16.0. The Morgan fingerprint density at radius 1 is 1.09 bits per heavy atom. The van der Waals surface area contributed by atoms with Gasteiger partial charge in [0, 0.05) is 16.6 Å². The molecule has 2 aromatic rings. The monoisotopic (exact) mass is 396 g/mol. The predicted molar refractivity (Wildman–Crippen MR) is 88.3 cm³/mol. The number of sulfonamides is 1. The van der Waals surface area contributed by atoms with Gasteiger partial charge in [-0.1, -0.05) is 12.1 Å². The number of rotatable bonds is 3. The van der Waals surface area contributed by atoms with Crippen LogP contribution in [-0.2, 0) is 10.0 Å². The van der Waals surface area contributed by atoms with E-state index >= 15 is 0 Å². The van der Waals surface area contributed by atoms with Crippen molar-refractivity contribution < 1.29 is 8.42 Å². The standard InChI is InChI=1S/C15H17BrN4O2S/c16-14-3-1-2-4-15(14)23(21,22)20-11-5-6-12(20)8-13(7-11)19-10-17-9-18-19/h1-4,9-13H,5-8H2. The molecule has 2 bridgehead atoms. The normalized spacial score (nSPS) is 28.1. The van der Waals surface area contributed by atoms with Crippen LogP contribution in [0.4, 0.5) is 0 Å². The van der Waals surface area contributed by atoms with E-state index in [1.165, 1.54) is 6.33 Å². The van der Waals surface area contributed by atoms with Gasteiger partial charge in [-0.25, -0.2) is 18.1 Å². The summed E-state index contributed by atoms with van der Waals surface area (Å²) in [6, 6.07) is 7.36. The molecule has 0 saturated carbocycles. The summed E-state index contributed by atoms with van der Waals surface area (Å²) < 4.78 is 30.5. The number of hydrogen-bond acceptors (Lipinski definition) is 4. The van der Waals surface area contributed by atoms with E-state index < -0.39 is 10.0 Å². The molecular weight excluding hydrogens is 380 g/mol. The maximum atomic E-state index is 13.1. The first-order chi connectivity index (χ1) is 11.1. The highest BCUT2D eigenvalue weighted by Gasteiger charge is 2.48. The molecule has 6 nitrogen and oxygen atoms in total. The maximum Gasteiger partial charge on any atom is 0.244 e. The van der Waals surface area contributed by atoms with Crippen LogP contribution < -0.4 is 0 Å². The third kappa shape index (κ3) is 2.53. The molecule has 0 aliphatic carbocycles. The second-order valence-corrected chi connectivity index (χ2v) is 8.82. The summed E-state index contributed by atoms with van der Waals surface area (Å²) in [7, 11) is -3.48. The van der Waals surface area contributed by atoms with Crippen LogP contribution >= 0.6 is 15.9 Å². The molecule has 2 fully saturated rings. The first-order valence-corrected chi connectivity index (χ1v) is 9.93. The number of hydrogen-bond donors (Lipinski definition) is 0. The number of aromatic nitrogens is 3.